The van der Waals surface area contributed by atoms with E-state index in [1.54, 1.807) is 4.68 Å². The minimum Gasteiger partial charge on any atom is -0.491 e. The minimum atomic E-state index is -0.116. The third-order valence-corrected chi connectivity index (χ3v) is 4.48. The Morgan fingerprint density at radius 1 is 1.42 bits per heavy atom. The van der Waals surface area contributed by atoms with Gasteiger partial charge in [0, 0.05) is 44.4 Å². The van der Waals surface area contributed by atoms with Crippen LogP contribution in [0.1, 0.15) is 17.0 Å². The number of halogens is 1. The van der Waals surface area contributed by atoms with Gasteiger partial charge in [-0.2, -0.15) is 5.10 Å². The van der Waals surface area contributed by atoms with Crippen LogP contribution in [0.5, 0.6) is 5.75 Å². The van der Waals surface area contributed by atoms with Gasteiger partial charge in [-0.05, 0) is 11.6 Å². The number of nitrogens with one attached hydrogen (secondary N) is 2. The van der Waals surface area contributed by atoms with Gasteiger partial charge in [0.25, 0.3) is 0 Å². The molecular formula is C18H25ClN4O3. The monoisotopic (exact) mass is 380 g/mol. The van der Waals surface area contributed by atoms with Crippen molar-refractivity contribution in [3.8, 4) is 5.75 Å². The van der Waals surface area contributed by atoms with Crippen molar-refractivity contribution in [2.24, 2.45) is 13.0 Å². The number of nitrogens with zero attached hydrogens (tertiary/aromatic N) is 2. The Morgan fingerprint density at radius 3 is 2.96 bits per heavy atom. The fraction of sp³-hybridized carbons (Fsp3) is 0.444. The summed E-state index contributed by atoms with van der Waals surface area (Å²) in [4.78, 5) is 12.7. The lowest BCUT2D eigenvalue weighted by Crippen LogP contribution is -2.34. The van der Waals surface area contributed by atoms with Crippen LogP contribution in [0.25, 0.3) is 0 Å². The molecule has 8 heteroatoms. The molecule has 1 amide bonds. The zero-order chi connectivity index (χ0) is 17.6. The van der Waals surface area contributed by atoms with Gasteiger partial charge in [0.2, 0.25) is 5.91 Å². The zero-order valence-electron chi connectivity index (χ0n) is 14.7. The lowest BCUT2D eigenvalue weighted by Gasteiger charge is -2.18. The van der Waals surface area contributed by atoms with Crippen LogP contribution in [0.3, 0.4) is 0 Å². The molecule has 0 aliphatic carbocycles. The van der Waals surface area contributed by atoms with E-state index in [2.05, 4.69) is 15.7 Å². The molecule has 0 saturated carbocycles. The van der Waals surface area contributed by atoms with Crippen molar-refractivity contribution in [3.63, 3.8) is 0 Å². The second-order valence-electron chi connectivity index (χ2n) is 6.22. The smallest absolute Gasteiger partial charge is 0.225 e. The Balaban J connectivity index is 0.00000243. The van der Waals surface area contributed by atoms with E-state index >= 15 is 0 Å². The molecule has 0 bridgehead atoms. The largest absolute Gasteiger partial charge is 0.491 e. The number of aryl methyl sites for hydroxylation is 1. The van der Waals surface area contributed by atoms with Gasteiger partial charge in [-0.15, -0.1) is 12.4 Å². The molecule has 26 heavy (non-hydrogen) atoms. The average Bonchev–Trinajstić information content (AvgIpc) is 3.27. The fourth-order valence-corrected chi connectivity index (χ4v) is 3.20. The second-order valence-corrected chi connectivity index (χ2v) is 6.22. The van der Waals surface area contributed by atoms with E-state index in [0.29, 0.717) is 18.8 Å². The summed E-state index contributed by atoms with van der Waals surface area (Å²) in [7, 11) is 1.88. The maximum Gasteiger partial charge on any atom is 0.225 e. The van der Waals surface area contributed by atoms with Crippen LogP contribution in [0.15, 0.2) is 36.7 Å². The summed E-state index contributed by atoms with van der Waals surface area (Å²) >= 11 is 0. The molecule has 3 rings (SSSR count). The molecule has 0 radical (unpaired) electrons. The molecule has 142 valence electrons. The SMILES string of the molecule is Cl.Cn1cc([C@H]2CNC[C@@H]2C(=O)NCc2ccccc2OCCO)cn1. The summed E-state index contributed by atoms with van der Waals surface area (Å²) in [6, 6.07) is 7.53. The molecule has 1 fully saturated rings. The highest BCUT2D eigenvalue weighted by atomic mass is 35.5. The summed E-state index contributed by atoms with van der Waals surface area (Å²) in [5.41, 5.74) is 1.98. The Kier molecular flexibility index (Phi) is 7.44. The zero-order valence-corrected chi connectivity index (χ0v) is 15.5. The normalized spacial score (nSPS) is 19.0. The maximum absolute atomic E-state index is 12.7. The summed E-state index contributed by atoms with van der Waals surface area (Å²) in [5.74, 6) is 0.727. The molecule has 3 N–H and O–H groups in total. The molecule has 7 nitrogen and oxygen atoms in total. The van der Waals surface area contributed by atoms with Crippen molar-refractivity contribution in [2.75, 3.05) is 26.3 Å². The quantitative estimate of drug-likeness (QED) is 0.662. The maximum atomic E-state index is 12.7. The van der Waals surface area contributed by atoms with Gasteiger partial charge >= 0.3 is 0 Å². The van der Waals surface area contributed by atoms with E-state index in [9.17, 15) is 4.79 Å². The number of hydrogen-bond acceptors (Lipinski definition) is 5. The molecule has 0 spiro atoms. The van der Waals surface area contributed by atoms with E-state index in [1.165, 1.54) is 0 Å². The summed E-state index contributed by atoms with van der Waals surface area (Å²) in [5, 5.41) is 19.4. The first-order valence-corrected chi connectivity index (χ1v) is 8.47. The van der Waals surface area contributed by atoms with Crippen LogP contribution in [0.4, 0.5) is 0 Å². The Morgan fingerprint density at radius 2 is 2.23 bits per heavy atom. The first-order chi connectivity index (χ1) is 12.2. The Hall–Kier alpha value is -2.09. The van der Waals surface area contributed by atoms with E-state index in [4.69, 9.17) is 9.84 Å². The third kappa shape index (κ3) is 4.75. The number of benzene rings is 1. The van der Waals surface area contributed by atoms with Gasteiger partial charge < -0.3 is 20.5 Å². The summed E-state index contributed by atoms with van der Waals surface area (Å²) in [6.07, 6.45) is 3.80. The molecular weight excluding hydrogens is 356 g/mol. The van der Waals surface area contributed by atoms with Crippen LogP contribution in [0, 0.1) is 5.92 Å². The third-order valence-electron chi connectivity index (χ3n) is 4.48. The van der Waals surface area contributed by atoms with E-state index in [0.717, 1.165) is 17.7 Å². The first kappa shape index (κ1) is 20.2. The van der Waals surface area contributed by atoms with Crippen LogP contribution < -0.4 is 15.4 Å². The minimum absolute atomic E-state index is 0. The number of ether oxygens (including phenoxy) is 1. The number of aromatic nitrogens is 2. The van der Waals surface area contributed by atoms with Gasteiger partial charge in [0.05, 0.1) is 18.7 Å². The van der Waals surface area contributed by atoms with Crippen molar-refractivity contribution in [1.82, 2.24) is 20.4 Å². The fourth-order valence-electron chi connectivity index (χ4n) is 3.20. The number of para-hydroxylation sites is 1. The van der Waals surface area contributed by atoms with Gasteiger partial charge in [-0.3, -0.25) is 9.48 Å². The molecule has 1 aromatic heterocycles. The lowest BCUT2D eigenvalue weighted by atomic mass is 9.90. The number of amides is 1. The first-order valence-electron chi connectivity index (χ1n) is 8.47. The van der Waals surface area contributed by atoms with Crippen LogP contribution >= 0.6 is 12.4 Å². The van der Waals surface area contributed by atoms with E-state index < -0.39 is 0 Å². The van der Waals surface area contributed by atoms with Crippen molar-refractivity contribution in [2.45, 2.75) is 12.5 Å². The number of carbonyl (C=O) groups excluding carboxylic acids is 1. The van der Waals surface area contributed by atoms with Crippen LogP contribution in [-0.4, -0.2) is 47.1 Å². The van der Waals surface area contributed by atoms with Gasteiger partial charge in [-0.25, -0.2) is 0 Å². The van der Waals surface area contributed by atoms with Crippen LogP contribution in [0.2, 0.25) is 0 Å². The van der Waals surface area contributed by atoms with Gasteiger partial charge in [0.15, 0.2) is 0 Å². The average molecular weight is 381 g/mol. The molecule has 1 aliphatic rings. The van der Waals surface area contributed by atoms with E-state index in [1.807, 2.05) is 43.7 Å². The number of carbonyl (C=O) groups is 1. The van der Waals surface area contributed by atoms with Crippen molar-refractivity contribution in [3.05, 3.63) is 47.8 Å². The summed E-state index contributed by atoms with van der Waals surface area (Å²) in [6.45, 7) is 2.03. The summed E-state index contributed by atoms with van der Waals surface area (Å²) < 4.78 is 7.27. The lowest BCUT2D eigenvalue weighted by molar-refractivity contribution is -0.125. The van der Waals surface area contributed by atoms with Crippen molar-refractivity contribution < 1.29 is 14.6 Å². The van der Waals surface area contributed by atoms with E-state index in [-0.39, 0.29) is 43.4 Å². The van der Waals surface area contributed by atoms with Gasteiger partial charge in [0.1, 0.15) is 12.4 Å². The predicted octanol–water partition coefficient (Wildman–Crippen LogP) is 0.832. The highest BCUT2D eigenvalue weighted by Crippen LogP contribution is 2.28. The molecule has 0 unspecified atom stereocenters. The topological polar surface area (TPSA) is 88.4 Å². The van der Waals surface area contributed by atoms with Crippen molar-refractivity contribution >= 4 is 18.3 Å². The molecule has 2 atom stereocenters. The molecule has 1 aliphatic heterocycles. The second kappa shape index (κ2) is 9.56. The molecule has 2 heterocycles. The Bertz CT molecular complexity index is 722. The number of hydrogen-bond donors (Lipinski definition) is 3. The highest BCUT2D eigenvalue weighted by Gasteiger charge is 2.34. The van der Waals surface area contributed by atoms with Crippen molar-refractivity contribution in [1.29, 1.82) is 0 Å². The number of aliphatic hydroxyl groups excluding tert-OH is 1. The molecule has 2 aromatic rings. The number of rotatable bonds is 7. The Labute approximate surface area is 159 Å². The predicted molar refractivity (Wildman–Crippen MR) is 100 cm³/mol. The molecule has 1 saturated heterocycles. The molecule has 1 aromatic carbocycles. The standard InChI is InChI=1S/C18H24N4O3.ClH/c1-22-12-14(9-21-22)15-10-19-11-16(15)18(24)20-8-13-4-2-3-5-17(13)25-7-6-23;/h2-5,9,12,15-16,19,23H,6-8,10-11H2,1H3,(H,20,24);1H/t15-,16+;/m1./s1. The van der Waals surface area contributed by atoms with Gasteiger partial charge in [-0.1, -0.05) is 18.2 Å². The van der Waals surface area contributed by atoms with Crippen LogP contribution in [-0.2, 0) is 18.4 Å². The number of aliphatic hydroxyl groups is 1. The highest BCUT2D eigenvalue weighted by molar-refractivity contribution is 5.85.